The Morgan fingerprint density at radius 2 is 2.15 bits per heavy atom. The molecular formula is C20H20FN3O2. The summed E-state index contributed by atoms with van der Waals surface area (Å²) < 4.78 is 19.2. The number of carbonyl (C=O) groups excluding carboxylic acids is 1. The van der Waals surface area contributed by atoms with Gasteiger partial charge in [0.15, 0.2) is 11.5 Å². The highest BCUT2D eigenvalue weighted by Crippen LogP contribution is 2.32. The highest BCUT2D eigenvalue weighted by molar-refractivity contribution is 5.93. The lowest BCUT2D eigenvalue weighted by molar-refractivity contribution is 0.0605. The molecule has 0 bridgehead atoms. The number of furan rings is 1. The molecule has 134 valence electrons. The van der Waals surface area contributed by atoms with Crippen LogP contribution in [0.1, 0.15) is 47.1 Å². The number of halogens is 1. The molecule has 3 heterocycles. The molecule has 5 nitrogen and oxygen atoms in total. The lowest BCUT2D eigenvalue weighted by Gasteiger charge is -2.35. The van der Waals surface area contributed by atoms with Gasteiger partial charge in [-0.05, 0) is 56.0 Å². The number of hydrogen-bond acceptors (Lipinski definition) is 3. The number of aromatic nitrogens is 2. The van der Waals surface area contributed by atoms with Gasteiger partial charge in [-0.15, -0.1) is 0 Å². The minimum absolute atomic E-state index is 0.127. The molecule has 0 unspecified atom stereocenters. The van der Waals surface area contributed by atoms with E-state index in [-0.39, 0.29) is 17.8 Å². The lowest BCUT2D eigenvalue weighted by atomic mass is 9.95. The first-order valence-corrected chi connectivity index (χ1v) is 8.80. The minimum Gasteiger partial charge on any atom is -0.460 e. The van der Waals surface area contributed by atoms with Crippen LogP contribution in [0.3, 0.4) is 0 Å². The third-order valence-electron chi connectivity index (χ3n) is 4.80. The first-order valence-electron chi connectivity index (χ1n) is 8.80. The smallest absolute Gasteiger partial charge is 0.274 e. The van der Waals surface area contributed by atoms with Crippen LogP contribution >= 0.6 is 0 Å². The quantitative estimate of drug-likeness (QED) is 0.755. The van der Waals surface area contributed by atoms with Crippen LogP contribution in [0.15, 0.2) is 46.9 Å². The average Bonchev–Trinajstić information content (AvgIpc) is 3.30. The van der Waals surface area contributed by atoms with Crippen molar-refractivity contribution >= 4 is 5.91 Å². The summed E-state index contributed by atoms with van der Waals surface area (Å²) in [5.41, 5.74) is 1.84. The number of amides is 1. The number of aromatic amines is 1. The standard InChI is InChI=1S/C20H20FN3O2/c1-13-8-9-19(26-13)16-12-17(23-22-16)20(25)24-10-3-2-7-18(24)14-5-4-6-15(21)11-14/h4-6,8-9,11-12,18H,2-3,7,10H2,1H3,(H,22,23)/t18-/m0/s1. The number of carbonyl (C=O) groups is 1. The van der Waals surface area contributed by atoms with Crippen molar-refractivity contribution < 1.29 is 13.6 Å². The number of nitrogens with one attached hydrogen (secondary N) is 1. The minimum atomic E-state index is -0.282. The molecule has 26 heavy (non-hydrogen) atoms. The summed E-state index contributed by atoms with van der Waals surface area (Å²) in [6, 6.07) is 11.8. The van der Waals surface area contributed by atoms with Gasteiger partial charge in [-0.25, -0.2) is 4.39 Å². The number of likely N-dealkylation sites (tertiary alicyclic amines) is 1. The van der Waals surface area contributed by atoms with Gasteiger partial charge in [-0.1, -0.05) is 12.1 Å². The van der Waals surface area contributed by atoms with E-state index in [0.717, 1.165) is 30.6 Å². The van der Waals surface area contributed by atoms with Gasteiger partial charge in [0, 0.05) is 12.6 Å². The van der Waals surface area contributed by atoms with Crippen LogP contribution in [0.2, 0.25) is 0 Å². The van der Waals surface area contributed by atoms with Crippen LogP contribution in [0, 0.1) is 12.7 Å². The van der Waals surface area contributed by atoms with Gasteiger partial charge in [0.25, 0.3) is 5.91 Å². The van der Waals surface area contributed by atoms with Crippen LogP contribution in [-0.2, 0) is 0 Å². The zero-order valence-electron chi connectivity index (χ0n) is 14.5. The molecule has 1 saturated heterocycles. The molecule has 1 aliphatic heterocycles. The maximum absolute atomic E-state index is 13.6. The van der Waals surface area contributed by atoms with Crippen molar-refractivity contribution in [2.24, 2.45) is 0 Å². The van der Waals surface area contributed by atoms with Gasteiger partial charge < -0.3 is 9.32 Å². The number of nitrogens with zero attached hydrogens (tertiary/aromatic N) is 2. The summed E-state index contributed by atoms with van der Waals surface area (Å²) in [6.45, 7) is 2.51. The van der Waals surface area contributed by atoms with Crippen molar-refractivity contribution in [3.05, 3.63) is 65.3 Å². The molecule has 0 saturated carbocycles. The number of H-pyrrole nitrogens is 1. The van der Waals surface area contributed by atoms with E-state index in [1.165, 1.54) is 12.1 Å². The molecule has 0 aliphatic carbocycles. The van der Waals surface area contributed by atoms with Crippen molar-refractivity contribution in [2.75, 3.05) is 6.54 Å². The summed E-state index contributed by atoms with van der Waals surface area (Å²) in [5, 5.41) is 7.04. The fraction of sp³-hybridized carbons (Fsp3) is 0.300. The van der Waals surface area contributed by atoms with Crippen LogP contribution in [0.25, 0.3) is 11.5 Å². The van der Waals surface area contributed by atoms with E-state index < -0.39 is 0 Å². The molecular weight excluding hydrogens is 333 g/mol. The summed E-state index contributed by atoms with van der Waals surface area (Å²) in [4.78, 5) is 14.8. The van der Waals surface area contributed by atoms with Crippen LogP contribution < -0.4 is 0 Å². The molecule has 1 fully saturated rings. The Balaban J connectivity index is 1.60. The van der Waals surface area contributed by atoms with Crippen molar-refractivity contribution in [1.29, 1.82) is 0 Å². The van der Waals surface area contributed by atoms with E-state index in [1.807, 2.05) is 25.1 Å². The monoisotopic (exact) mass is 353 g/mol. The third kappa shape index (κ3) is 3.14. The number of piperidine rings is 1. The van der Waals surface area contributed by atoms with Crippen LogP contribution in [0.4, 0.5) is 4.39 Å². The second-order valence-electron chi connectivity index (χ2n) is 6.64. The van der Waals surface area contributed by atoms with Crippen molar-refractivity contribution in [3.8, 4) is 11.5 Å². The number of benzene rings is 1. The van der Waals surface area contributed by atoms with E-state index in [2.05, 4.69) is 10.2 Å². The van der Waals surface area contributed by atoms with E-state index in [1.54, 1.807) is 17.0 Å². The predicted molar refractivity (Wildman–Crippen MR) is 95.1 cm³/mol. The summed E-state index contributed by atoms with van der Waals surface area (Å²) in [7, 11) is 0. The van der Waals surface area contributed by atoms with Crippen LogP contribution in [-0.4, -0.2) is 27.5 Å². The highest BCUT2D eigenvalue weighted by atomic mass is 19.1. The van der Waals surface area contributed by atoms with Gasteiger partial charge in [-0.2, -0.15) is 5.10 Å². The van der Waals surface area contributed by atoms with Crippen LogP contribution in [0.5, 0.6) is 0 Å². The summed E-state index contributed by atoms with van der Waals surface area (Å²) >= 11 is 0. The Morgan fingerprint density at radius 3 is 2.92 bits per heavy atom. The zero-order valence-corrected chi connectivity index (χ0v) is 14.5. The molecule has 0 spiro atoms. The largest absolute Gasteiger partial charge is 0.460 e. The Kier molecular flexibility index (Phi) is 4.32. The molecule has 2 aromatic heterocycles. The highest BCUT2D eigenvalue weighted by Gasteiger charge is 2.30. The molecule has 0 radical (unpaired) electrons. The summed E-state index contributed by atoms with van der Waals surface area (Å²) in [6.07, 6.45) is 2.78. The van der Waals surface area contributed by atoms with Gasteiger partial charge in [0.05, 0.1) is 6.04 Å². The van der Waals surface area contributed by atoms with Gasteiger partial charge in [0.1, 0.15) is 17.3 Å². The second kappa shape index (κ2) is 6.78. The van der Waals surface area contributed by atoms with Gasteiger partial charge in [-0.3, -0.25) is 9.89 Å². The van der Waals surface area contributed by atoms with Crippen molar-refractivity contribution in [1.82, 2.24) is 15.1 Å². The molecule has 3 aromatic rings. The number of aryl methyl sites for hydroxylation is 1. The molecule has 1 atom stereocenters. The van der Waals surface area contributed by atoms with E-state index in [0.29, 0.717) is 23.7 Å². The fourth-order valence-corrected chi connectivity index (χ4v) is 3.52. The molecule has 1 aliphatic rings. The lowest BCUT2D eigenvalue weighted by Crippen LogP contribution is -2.38. The number of hydrogen-bond donors (Lipinski definition) is 1. The topological polar surface area (TPSA) is 62.1 Å². The SMILES string of the molecule is Cc1ccc(-c2cc(C(=O)N3CCCC[C@H]3c3cccc(F)c3)n[nH]2)o1. The van der Waals surface area contributed by atoms with Gasteiger partial charge in [0.2, 0.25) is 0 Å². The Bertz CT molecular complexity index is 931. The molecule has 1 aromatic carbocycles. The van der Waals surface area contributed by atoms with Crippen molar-refractivity contribution in [3.63, 3.8) is 0 Å². The molecule has 4 rings (SSSR count). The van der Waals surface area contributed by atoms with E-state index in [9.17, 15) is 9.18 Å². The fourth-order valence-electron chi connectivity index (χ4n) is 3.52. The van der Waals surface area contributed by atoms with Gasteiger partial charge >= 0.3 is 0 Å². The number of rotatable bonds is 3. The molecule has 6 heteroatoms. The normalized spacial score (nSPS) is 17.5. The maximum atomic E-state index is 13.6. The zero-order chi connectivity index (χ0) is 18.1. The predicted octanol–water partition coefficient (Wildman–Crippen LogP) is 4.48. The Hall–Kier alpha value is -2.89. The maximum Gasteiger partial charge on any atom is 0.274 e. The first kappa shape index (κ1) is 16.6. The van der Waals surface area contributed by atoms with E-state index >= 15 is 0 Å². The third-order valence-corrected chi connectivity index (χ3v) is 4.80. The summed E-state index contributed by atoms with van der Waals surface area (Å²) in [5.74, 6) is 1.01. The Labute approximate surface area is 150 Å². The first-order chi connectivity index (χ1) is 12.6. The molecule has 1 amide bonds. The van der Waals surface area contributed by atoms with Crippen molar-refractivity contribution in [2.45, 2.75) is 32.2 Å². The second-order valence-corrected chi connectivity index (χ2v) is 6.64. The molecule has 1 N–H and O–H groups in total. The Morgan fingerprint density at radius 1 is 1.27 bits per heavy atom. The average molecular weight is 353 g/mol. The van der Waals surface area contributed by atoms with E-state index in [4.69, 9.17) is 4.42 Å².